The molecule has 0 amide bonds. The van der Waals surface area contributed by atoms with Gasteiger partial charge in [-0.05, 0) is 247 Å². The molecule has 24 heteroatoms. The van der Waals surface area contributed by atoms with Crippen molar-refractivity contribution in [3.05, 3.63) is 201 Å². The number of hydrogen-bond donors (Lipinski definition) is 8. The smallest absolute Gasteiger partial charge is 0.313 e. The Morgan fingerprint density at radius 2 is 0.899 bits per heavy atom. The molecule has 6 aromatic rings. The van der Waals surface area contributed by atoms with E-state index < -0.39 is 28.8 Å². The van der Waals surface area contributed by atoms with Crippen LogP contribution in [0.25, 0.3) is 0 Å². The van der Waals surface area contributed by atoms with Gasteiger partial charge in [-0.2, -0.15) is 0 Å². The maximum atomic E-state index is 13.2. The monoisotopic (exact) mass is 1780 g/mol. The van der Waals surface area contributed by atoms with Crippen molar-refractivity contribution in [2.75, 3.05) is 93.8 Å². The summed E-state index contributed by atoms with van der Waals surface area (Å²) in [7, 11) is 7.63. The number of hydrogen-bond acceptors (Lipinski definition) is 24. The number of piperidine rings is 2. The first-order valence-electron chi connectivity index (χ1n) is 47.7. The predicted octanol–water partition coefficient (Wildman–Crippen LogP) is 14.7. The molecule has 2 saturated heterocycles. The van der Waals surface area contributed by atoms with Gasteiger partial charge in [-0.25, -0.2) is 0 Å². The molecule has 2 saturated carbocycles. The van der Waals surface area contributed by atoms with Gasteiger partial charge >= 0.3 is 23.9 Å². The van der Waals surface area contributed by atoms with Crippen LogP contribution in [0.3, 0.4) is 0 Å². The molecular formula is C105H146N8O16. The van der Waals surface area contributed by atoms with Gasteiger partial charge in [-0.1, -0.05) is 163 Å². The lowest BCUT2D eigenvalue weighted by Gasteiger charge is -2.43. The van der Waals surface area contributed by atoms with E-state index in [0.29, 0.717) is 108 Å². The molecule has 14 unspecified atom stereocenters. The summed E-state index contributed by atoms with van der Waals surface area (Å²) in [5.41, 5.74) is 32.3. The van der Waals surface area contributed by atoms with E-state index in [1.165, 1.54) is 46.2 Å². The Bertz CT molecular complexity index is 4750. The Labute approximate surface area is 765 Å². The lowest BCUT2D eigenvalue weighted by atomic mass is 9.72. The van der Waals surface area contributed by atoms with Crippen LogP contribution in [0.1, 0.15) is 245 Å². The van der Waals surface area contributed by atoms with Crippen molar-refractivity contribution in [3.63, 3.8) is 0 Å². The average Bonchev–Trinajstić information content (AvgIpc) is 1.59. The summed E-state index contributed by atoms with van der Waals surface area (Å²) in [4.78, 5) is 59.6. The van der Waals surface area contributed by atoms with Crippen molar-refractivity contribution >= 4 is 23.9 Å². The molecule has 6 aromatic carbocycles. The first kappa shape index (κ1) is 97.9. The second-order valence-corrected chi connectivity index (χ2v) is 39.6. The first-order chi connectivity index (χ1) is 62.0. The molecule has 6 aliphatic heterocycles. The molecule has 0 bridgehead atoms. The van der Waals surface area contributed by atoms with E-state index in [1.807, 2.05) is 98.8 Å². The number of methoxy groups -OCH3 is 2. The summed E-state index contributed by atoms with van der Waals surface area (Å²) < 4.78 is 47.1. The second kappa shape index (κ2) is 44.3. The molecule has 4 aliphatic carbocycles. The molecular weight excluding hydrogens is 1630 g/mol. The van der Waals surface area contributed by atoms with Crippen molar-refractivity contribution in [3.8, 4) is 34.5 Å². The minimum Gasteiger partial charge on any atom is -0.493 e. The highest BCUT2D eigenvalue weighted by molar-refractivity contribution is 5.78. The van der Waals surface area contributed by atoms with Gasteiger partial charge in [0.1, 0.15) is 47.1 Å². The standard InChI is InChI=1S/C29H40N2O4.C28H40N2O4.C24H32N2O4.C24H34N2O4/c1-22(31-18-8-17-29(34,21-31)24-9-4-2-5-10-24)27(33)23-11-13-25(14-12-23)35-26(32)19-28(20-30)15-6-3-7-16-28;1-20(2)16-22(18-29)17-26(31)34-25-12-10-23(11-13-25)27(32)21(3)30-15-7-14-28(33,19-30)24-8-5-4-6-9-24;1-26-12-15-6-7-18(28-2)22-21(15)20-16(13-26)10-17(11-19(20)30-22)29-23(27)24(14-25)8-4-3-5-9-24;1-14(2)7-15(11-25)8-21(27)29-18-9-17-13-26(3)12-16-5-6-19(28-4)24-23(16)22(17)20(10-18)30-24/h2,4-5,9-14,22,27,33-34H,3,6-8,15-21,30H2,1H3;4-6,8-13,20-22,27,32-33H,7,14-19,29H2,1-3H3;6-7,10,17,19-20H,3-5,8-9,11-14,25H2,1-2H3;5-6,9,14-15,18,20,22H,7-8,10-13,25H2,1-4H3. The second-order valence-electron chi connectivity index (χ2n) is 39.6. The minimum atomic E-state index is -0.914. The Kier molecular flexibility index (Phi) is 33.6. The lowest BCUT2D eigenvalue weighted by Crippen LogP contribution is -2.50. The number of aliphatic hydroxyl groups excluding tert-OH is 2. The molecule has 0 radical (unpaired) electrons. The fourth-order valence-electron chi connectivity index (χ4n) is 22.0. The Balaban J connectivity index is 0.000000147. The Morgan fingerprint density at radius 3 is 1.31 bits per heavy atom. The van der Waals surface area contributed by atoms with E-state index in [9.17, 15) is 39.6 Å². The molecule has 4 fully saturated rings. The molecule has 16 rings (SSSR count). The van der Waals surface area contributed by atoms with E-state index >= 15 is 0 Å². The van der Waals surface area contributed by atoms with E-state index in [2.05, 4.69) is 85.7 Å². The van der Waals surface area contributed by atoms with E-state index in [1.54, 1.807) is 50.6 Å². The third kappa shape index (κ3) is 23.9. The van der Waals surface area contributed by atoms with Crippen LogP contribution in [0.4, 0.5) is 0 Å². The molecule has 129 heavy (non-hydrogen) atoms. The van der Waals surface area contributed by atoms with Crippen LogP contribution in [-0.4, -0.2) is 194 Å². The van der Waals surface area contributed by atoms with Gasteiger partial charge in [-0.3, -0.25) is 38.8 Å². The van der Waals surface area contributed by atoms with Gasteiger partial charge in [0.2, 0.25) is 0 Å². The van der Waals surface area contributed by atoms with Crippen molar-refractivity contribution < 1.29 is 77.5 Å². The largest absolute Gasteiger partial charge is 0.493 e. The van der Waals surface area contributed by atoms with Gasteiger partial charge in [0.15, 0.2) is 23.0 Å². The molecule has 24 nitrogen and oxygen atoms in total. The number of benzene rings is 6. The number of likely N-dealkylation sites (N-methyl/N-ethyl adjacent to an activating group) is 2. The maximum Gasteiger partial charge on any atom is 0.313 e. The number of likely N-dealkylation sites (tertiary alicyclic amines) is 2. The highest BCUT2D eigenvalue weighted by Gasteiger charge is 2.50. The summed E-state index contributed by atoms with van der Waals surface area (Å²) in [5, 5.41) is 44.7. The lowest BCUT2D eigenvalue weighted by molar-refractivity contribution is -0.162. The maximum absolute atomic E-state index is 13.2. The third-order valence-electron chi connectivity index (χ3n) is 29.0. The molecule has 12 N–H and O–H groups in total. The van der Waals surface area contributed by atoms with Gasteiger partial charge in [0.25, 0.3) is 0 Å². The van der Waals surface area contributed by atoms with E-state index in [0.717, 1.165) is 162 Å². The number of esters is 4. The number of nitrogens with zero attached hydrogens (tertiary/aromatic N) is 4. The zero-order chi connectivity index (χ0) is 91.9. The Hall–Kier alpha value is -8.60. The zero-order valence-electron chi connectivity index (χ0n) is 78.1. The summed E-state index contributed by atoms with van der Waals surface area (Å²) in [5.74, 6) is 5.12. The molecule has 10 aliphatic rings. The normalized spacial score (nSPS) is 25.2. The summed E-state index contributed by atoms with van der Waals surface area (Å²) >= 11 is 0. The highest BCUT2D eigenvalue weighted by atomic mass is 16.6. The van der Waals surface area contributed by atoms with Crippen LogP contribution < -0.4 is 51.4 Å². The van der Waals surface area contributed by atoms with Crippen LogP contribution in [0.15, 0.2) is 157 Å². The van der Waals surface area contributed by atoms with Gasteiger partial charge in [0.05, 0.1) is 38.3 Å². The van der Waals surface area contributed by atoms with Crippen LogP contribution in [0, 0.1) is 34.5 Å². The molecule has 0 aromatic heterocycles. The Morgan fingerprint density at radius 1 is 0.481 bits per heavy atom. The quantitative estimate of drug-likeness (QED) is 0.0123. The van der Waals surface area contributed by atoms with Gasteiger partial charge < -0.3 is 81.3 Å². The summed E-state index contributed by atoms with van der Waals surface area (Å²) in [6, 6.07) is 41.7. The zero-order valence-corrected chi connectivity index (χ0v) is 78.1. The molecule has 702 valence electrons. The van der Waals surface area contributed by atoms with Gasteiger partial charge in [-0.15, -0.1) is 0 Å². The van der Waals surface area contributed by atoms with Crippen LogP contribution in [-0.2, 0) is 52.9 Å². The number of carbonyl (C=O) groups is 4. The molecule has 0 spiro atoms. The third-order valence-corrected chi connectivity index (χ3v) is 29.0. The van der Waals surface area contributed by atoms with Crippen molar-refractivity contribution in [2.45, 2.75) is 261 Å². The van der Waals surface area contributed by atoms with E-state index in [4.69, 9.17) is 60.8 Å². The molecule has 6 heterocycles. The number of rotatable bonds is 29. The van der Waals surface area contributed by atoms with Crippen LogP contribution in [0.2, 0.25) is 0 Å². The minimum absolute atomic E-state index is 0.0275. The summed E-state index contributed by atoms with van der Waals surface area (Å²) in [6.45, 7) is 20.4. The number of nitrogens with two attached hydrogens (primary N) is 4. The van der Waals surface area contributed by atoms with Crippen LogP contribution >= 0.6 is 0 Å². The predicted molar refractivity (Wildman–Crippen MR) is 500 cm³/mol. The average molecular weight is 1780 g/mol. The SMILES string of the molecule is CC(C(O)c1ccc(OC(=O)CC2(CN)CCCCC2)cc1)N1CCCC(O)(c2ccccc2)C1.CC(C)CC(CN)CC(=O)Oc1ccc(C(O)C(C)N2CCCC(O)(c3ccccc3)C2)cc1.COc1ccc2c3c1OC1CC(OC(=O)C4(CN)CCCCC4)C=C(CN(C)C2)C31.COc1ccc2c3c1OC1CC(OC(=O)CC(CN)CC(C)C)C=C(CN(C)C2)C31. The van der Waals surface area contributed by atoms with Crippen molar-refractivity contribution in [1.29, 1.82) is 0 Å². The van der Waals surface area contributed by atoms with Crippen molar-refractivity contribution in [1.82, 2.24) is 19.6 Å². The van der Waals surface area contributed by atoms with E-state index in [-0.39, 0.29) is 89.5 Å². The van der Waals surface area contributed by atoms with Crippen LogP contribution in [0.5, 0.6) is 34.5 Å². The highest BCUT2D eigenvalue weighted by Crippen LogP contribution is 2.56. The number of carbonyl (C=O) groups excluding carboxylic acids is 4. The van der Waals surface area contributed by atoms with Gasteiger partial charge in [0, 0.05) is 107 Å². The fraction of sp³-hybridized carbons (Fsp3) is 0.581. The van der Waals surface area contributed by atoms with Crippen molar-refractivity contribution in [2.24, 2.45) is 57.4 Å². The topological polar surface area (TPSA) is 340 Å². The summed E-state index contributed by atoms with van der Waals surface area (Å²) in [6.07, 6.45) is 20.0. The first-order valence-corrected chi connectivity index (χ1v) is 47.7. The fourth-order valence-corrected chi connectivity index (χ4v) is 22.0. The number of β-amino-alcohol motifs (C(OH)–C–C–N with tert-alkyl or cyclic N) is 2. The molecule has 14 atom stereocenters. The number of aliphatic hydroxyl groups is 4. The number of ether oxygens (including phenoxy) is 8.